The summed E-state index contributed by atoms with van der Waals surface area (Å²) in [4.78, 5) is 7.99. The lowest BCUT2D eigenvalue weighted by molar-refractivity contribution is 0.270. The number of aliphatic hydroxyl groups is 1. The average Bonchev–Trinajstić information content (AvgIpc) is 3.24. The lowest BCUT2D eigenvalue weighted by Crippen LogP contribution is -2.10. The zero-order valence-electron chi connectivity index (χ0n) is 20.8. The predicted molar refractivity (Wildman–Crippen MR) is 142 cm³/mol. The Morgan fingerprint density at radius 1 is 1.15 bits per heavy atom. The van der Waals surface area contributed by atoms with Crippen LogP contribution in [-0.4, -0.2) is 28.3 Å². The van der Waals surface area contributed by atoms with E-state index in [1.807, 2.05) is 24.4 Å². The lowest BCUT2D eigenvalue weighted by Gasteiger charge is -2.15. The molecule has 34 heavy (non-hydrogen) atoms. The number of aromatic nitrogens is 2. The maximum Gasteiger partial charge on any atom is 0.137 e. The Balaban J connectivity index is 1.65. The van der Waals surface area contributed by atoms with Crippen LogP contribution in [0.1, 0.15) is 57.5 Å². The summed E-state index contributed by atoms with van der Waals surface area (Å²) in [5, 5.41) is 10.2. The number of ether oxygens (including phenoxy) is 1. The van der Waals surface area contributed by atoms with Gasteiger partial charge in [-0.25, -0.2) is 4.98 Å². The third kappa shape index (κ3) is 8.03. The van der Waals surface area contributed by atoms with Crippen molar-refractivity contribution in [3.63, 3.8) is 0 Å². The van der Waals surface area contributed by atoms with Gasteiger partial charge >= 0.3 is 0 Å². The first-order valence-electron chi connectivity index (χ1n) is 12.1. The molecule has 0 saturated carbocycles. The van der Waals surface area contributed by atoms with E-state index in [1.165, 1.54) is 5.56 Å². The molecule has 0 aliphatic carbocycles. The van der Waals surface area contributed by atoms with Crippen LogP contribution in [0.15, 0.2) is 54.7 Å². The van der Waals surface area contributed by atoms with Crippen LogP contribution in [0, 0.1) is 11.3 Å². The quantitative estimate of drug-likeness (QED) is 0.301. The monoisotopic (exact) mass is 480 g/mol. The van der Waals surface area contributed by atoms with Gasteiger partial charge in [0.25, 0.3) is 0 Å². The van der Waals surface area contributed by atoms with Gasteiger partial charge in [0.05, 0.1) is 23.5 Å². The van der Waals surface area contributed by atoms with E-state index in [9.17, 15) is 5.11 Å². The van der Waals surface area contributed by atoms with Gasteiger partial charge in [0.1, 0.15) is 11.6 Å². The maximum atomic E-state index is 9.57. The van der Waals surface area contributed by atoms with Crippen molar-refractivity contribution in [1.82, 2.24) is 9.97 Å². The second-order valence-electron chi connectivity index (χ2n) is 10.1. The van der Waals surface area contributed by atoms with E-state index >= 15 is 0 Å². The molecule has 0 saturated heterocycles. The molecule has 4 nitrogen and oxygen atoms in total. The number of H-pyrrole nitrogens is 1. The molecule has 1 atom stereocenters. The number of allylic oxidation sites excluding steroid dienone is 1. The van der Waals surface area contributed by atoms with Crippen LogP contribution in [0.25, 0.3) is 17.3 Å². The SMILES string of the molecule is CCCOc1ccc(/C=C/[C@H](CCO)Cc2ccc(-c3cnc(CC(C)(C)C)[nH]3)cc2)cc1Cl. The number of rotatable bonds is 11. The minimum absolute atomic E-state index is 0.155. The van der Waals surface area contributed by atoms with Gasteiger partial charge in [0, 0.05) is 13.0 Å². The molecule has 5 heteroatoms. The van der Waals surface area contributed by atoms with E-state index in [4.69, 9.17) is 16.3 Å². The molecule has 0 fully saturated rings. The number of nitrogens with one attached hydrogen (secondary N) is 1. The van der Waals surface area contributed by atoms with Crippen molar-refractivity contribution < 1.29 is 9.84 Å². The van der Waals surface area contributed by atoms with Crippen LogP contribution in [0.2, 0.25) is 5.02 Å². The Labute approximate surface area is 209 Å². The number of imidazole rings is 1. The standard InChI is InChI=1S/C29H37ClN2O2/c1-5-16-34-27-13-10-22(18-25(27)30)6-7-23(14-15-33)17-21-8-11-24(12-9-21)26-20-31-28(32-26)19-29(2,3)4/h6-13,18,20,23,33H,5,14-17,19H2,1-4H3,(H,31,32)/b7-6+/t23-/m1/s1. The minimum atomic E-state index is 0.155. The molecule has 0 radical (unpaired) electrons. The molecule has 3 rings (SSSR count). The molecule has 2 aromatic carbocycles. The third-order valence-electron chi connectivity index (χ3n) is 5.57. The first-order chi connectivity index (χ1) is 16.3. The summed E-state index contributed by atoms with van der Waals surface area (Å²) in [5.41, 5.74) is 4.64. The van der Waals surface area contributed by atoms with E-state index in [2.05, 4.69) is 74.1 Å². The fourth-order valence-corrected chi connectivity index (χ4v) is 4.10. The first-order valence-corrected chi connectivity index (χ1v) is 12.5. The number of aromatic amines is 1. The van der Waals surface area contributed by atoms with Gasteiger partial charge in [-0.1, -0.05) is 81.8 Å². The van der Waals surface area contributed by atoms with E-state index in [-0.39, 0.29) is 17.9 Å². The molecule has 0 amide bonds. The number of benzene rings is 2. The molecule has 1 aromatic heterocycles. The van der Waals surface area contributed by atoms with Crippen molar-refractivity contribution in [3.8, 4) is 17.0 Å². The summed E-state index contributed by atoms with van der Waals surface area (Å²) in [6, 6.07) is 14.4. The Bertz CT molecular complexity index is 1060. The molecule has 1 heterocycles. The van der Waals surface area contributed by atoms with Crippen LogP contribution in [0.4, 0.5) is 0 Å². The van der Waals surface area contributed by atoms with E-state index < -0.39 is 0 Å². The highest BCUT2D eigenvalue weighted by Gasteiger charge is 2.14. The summed E-state index contributed by atoms with van der Waals surface area (Å²) in [7, 11) is 0. The second-order valence-corrected chi connectivity index (χ2v) is 10.5. The van der Waals surface area contributed by atoms with Gasteiger partial charge in [0.15, 0.2) is 0 Å². The van der Waals surface area contributed by atoms with Gasteiger partial charge in [0.2, 0.25) is 0 Å². The Morgan fingerprint density at radius 3 is 2.56 bits per heavy atom. The zero-order chi connectivity index (χ0) is 24.6. The number of hydrogen-bond donors (Lipinski definition) is 2. The zero-order valence-corrected chi connectivity index (χ0v) is 21.5. The molecular formula is C29H37ClN2O2. The molecule has 3 aromatic rings. The summed E-state index contributed by atoms with van der Waals surface area (Å²) in [6.45, 7) is 9.53. The van der Waals surface area contributed by atoms with Crippen molar-refractivity contribution in [1.29, 1.82) is 0 Å². The largest absolute Gasteiger partial charge is 0.492 e. The Hall–Kier alpha value is -2.56. The molecule has 2 N–H and O–H groups in total. The van der Waals surface area contributed by atoms with Crippen LogP contribution in [-0.2, 0) is 12.8 Å². The van der Waals surface area contributed by atoms with E-state index in [1.54, 1.807) is 0 Å². The molecule has 0 unspecified atom stereocenters. The molecule has 0 bridgehead atoms. The van der Waals surface area contributed by atoms with Gasteiger partial charge in [-0.15, -0.1) is 0 Å². The minimum Gasteiger partial charge on any atom is -0.492 e. The molecule has 0 spiro atoms. The van der Waals surface area contributed by atoms with Crippen molar-refractivity contribution in [2.24, 2.45) is 11.3 Å². The van der Waals surface area contributed by atoms with E-state index in [0.717, 1.165) is 47.7 Å². The van der Waals surface area contributed by atoms with Crippen LogP contribution in [0.5, 0.6) is 5.75 Å². The Morgan fingerprint density at radius 2 is 1.91 bits per heavy atom. The van der Waals surface area contributed by atoms with Gasteiger partial charge < -0.3 is 14.8 Å². The van der Waals surface area contributed by atoms with Gasteiger partial charge in [-0.05, 0) is 59.4 Å². The molecule has 0 aliphatic heterocycles. The van der Waals surface area contributed by atoms with Gasteiger partial charge in [-0.3, -0.25) is 0 Å². The van der Waals surface area contributed by atoms with Crippen molar-refractivity contribution in [2.45, 2.75) is 53.4 Å². The third-order valence-corrected chi connectivity index (χ3v) is 5.86. The number of nitrogens with zero attached hydrogens (tertiary/aromatic N) is 1. The summed E-state index contributed by atoms with van der Waals surface area (Å²) < 4.78 is 5.65. The predicted octanol–water partition coefficient (Wildman–Crippen LogP) is 7.36. The normalized spacial score (nSPS) is 12.9. The number of aliphatic hydroxyl groups excluding tert-OH is 1. The highest BCUT2D eigenvalue weighted by atomic mass is 35.5. The fraction of sp³-hybridized carbons (Fsp3) is 0.414. The summed E-state index contributed by atoms with van der Waals surface area (Å²) >= 11 is 6.36. The Kier molecular flexibility index (Phi) is 9.37. The average molecular weight is 481 g/mol. The second kappa shape index (κ2) is 12.2. The van der Waals surface area contributed by atoms with Crippen LogP contribution in [0.3, 0.4) is 0 Å². The molecular weight excluding hydrogens is 444 g/mol. The molecule has 0 aliphatic rings. The highest BCUT2D eigenvalue weighted by Crippen LogP contribution is 2.27. The number of halogens is 1. The van der Waals surface area contributed by atoms with E-state index in [0.29, 0.717) is 18.1 Å². The highest BCUT2D eigenvalue weighted by molar-refractivity contribution is 6.32. The van der Waals surface area contributed by atoms with Crippen molar-refractivity contribution >= 4 is 17.7 Å². The summed E-state index contributed by atoms with van der Waals surface area (Å²) in [5.74, 6) is 1.97. The van der Waals surface area contributed by atoms with Gasteiger partial charge in [-0.2, -0.15) is 0 Å². The van der Waals surface area contributed by atoms with Crippen LogP contribution < -0.4 is 4.74 Å². The van der Waals surface area contributed by atoms with Crippen LogP contribution >= 0.6 is 11.6 Å². The fourth-order valence-electron chi connectivity index (χ4n) is 3.85. The number of hydrogen-bond acceptors (Lipinski definition) is 3. The van der Waals surface area contributed by atoms with Crippen molar-refractivity contribution in [3.05, 3.63) is 76.7 Å². The summed E-state index contributed by atoms with van der Waals surface area (Å²) in [6.07, 6.45) is 9.59. The lowest BCUT2D eigenvalue weighted by atomic mass is 9.92. The molecule has 182 valence electrons. The smallest absolute Gasteiger partial charge is 0.137 e. The topological polar surface area (TPSA) is 58.1 Å². The first kappa shape index (κ1) is 26.1. The maximum absolute atomic E-state index is 9.57. The van der Waals surface area contributed by atoms with Crippen molar-refractivity contribution in [2.75, 3.05) is 13.2 Å².